The van der Waals surface area contributed by atoms with Crippen molar-refractivity contribution in [2.75, 3.05) is 13.1 Å². The molecule has 1 saturated heterocycles. The van der Waals surface area contributed by atoms with Crippen LogP contribution in [0, 0.1) is 15.9 Å². The molecule has 1 aliphatic rings. The molecule has 5 nitrogen and oxygen atoms in total. The molecule has 0 spiro atoms. The van der Waals surface area contributed by atoms with E-state index in [1.54, 1.807) is 12.1 Å². The van der Waals surface area contributed by atoms with Crippen LogP contribution in [0.25, 0.3) is 0 Å². The number of benzene rings is 1. The molecule has 2 rings (SSSR count). The molecule has 6 heteroatoms. The molecule has 1 heterocycles. The van der Waals surface area contributed by atoms with Gasteiger partial charge in [-0.1, -0.05) is 26.0 Å². The van der Waals surface area contributed by atoms with Crippen molar-refractivity contribution >= 4 is 5.69 Å². The monoisotopic (exact) mass is 295 g/mol. The average Bonchev–Trinajstić information content (AvgIpc) is 2.49. The van der Waals surface area contributed by atoms with Crippen molar-refractivity contribution in [1.82, 2.24) is 10.2 Å². The lowest BCUT2D eigenvalue weighted by Gasteiger charge is -2.40. The molecule has 1 aromatic rings. The van der Waals surface area contributed by atoms with E-state index < -0.39 is 16.4 Å². The van der Waals surface area contributed by atoms with E-state index in [9.17, 15) is 14.5 Å². The van der Waals surface area contributed by atoms with Crippen molar-refractivity contribution in [2.45, 2.75) is 45.3 Å². The Kier molecular flexibility index (Phi) is 5.25. The summed E-state index contributed by atoms with van der Waals surface area (Å²) in [4.78, 5) is 12.4. The van der Waals surface area contributed by atoms with E-state index in [2.05, 4.69) is 24.1 Å². The number of nitro groups is 1. The standard InChI is InChI=1S/C15H22FN3O2/c1-3-12-10-18(13(4-2)8-17-12)9-11-6-5-7-14(15(11)16)19(20)21/h5-7,12-13,17H,3-4,8-10H2,1-2H3. The highest BCUT2D eigenvalue weighted by Crippen LogP contribution is 2.23. The highest BCUT2D eigenvalue weighted by Gasteiger charge is 2.27. The molecular weight excluding hydrogens is 273 g/mol. The fourth-order valence-corrected chi connectivity index (χ4v) is 2.85. The topological polar surface area (TPSA) is 58.4 Å². The molecule has 0 saturated carbocycles. The third kappa shape index (κ3) is 3.57. The Morgan fingerprint density at radius 3 is 2.81 bits per heavy atom. The molecule has 1 aliphatic heterocycles. The number of hydrogen-bond acceptors (Lipinski definition) is 4. The molecule has 1 N–H and O–H groups in total. The van der Waals surface area contributed by atoms with E-state index in [-0.39, 0.29) is 0 Å². The Balaban J connectivity index is 2.19. The van der Waals surface area contributed by atoms with Crippen LogP contribution >= 0.6 is 0 Å². The summed E-state index contributed by atoms with van der Waals surface area (Å²) < 4.78 is 14.2. The second kappa shape index (κ2) is 6.95. The number of nitrogens with one attached hydrogen (secondary N) is 1. The van der Waals surface area contributed by atoms with Gasteiger partial charge in [0, 0.05) is 43.3 Å². The van der Waals surface area contributed by atoms with Gasteiger partial charge in [-0.15, -0.1) is 0 Å². The molecule has 21 heavy (non-hydrogen) atoms. The molecule has 0 aliphatic carbocycles. The number of piperazine rings is 1. The Labute approximate surface area is 124 Å². The first-order valence-electron chi connectivity index (χ1n) is 7.46. The van der Waals surface area contributed by atoms with Crippen LogP contribution in [0.4, 0.5) is 10.1 Å². The summed E-state index contributed by atoms with van der Waals surface area (Å²) in [6, 6.07) is 5.14. The fraction of sp³-hybridized carbons (Fsp3) is 0.600. The first-order chi connectivity index (χ1) is 10.1. The van der Waals surface area contributed by atoms with Gasteiger partial charge in [0.25, 0.3) is 0 Å². The molecule has 0 radical (unpaired) electrons. The molecule has 0 aromatic heterocycles. The van der Waals surface area contributed by atoms with Crippen LogP contribution < -0.4 is 5.32 Å². The second-order valence-corrected chi connectivity index (χ2v) is 5.51. The van der Waals surface area contributed by atoms with Crippen LogP contribution in [0.1, 0.15) is 32.3 Å². The Morgan fingerprint density at radius 1 is 1.43 bits per heavy atom. The number of hydrogen-bond donors (Lipinski definition) is 1. The van der Waals surface area contributed by atoms with Gasteiger partial charge in [0.2, 0.25) is 5.82 Å². The molecule has 1 aromatic carbocycles. The van der Waals surface area contributed by atoms with Crippen molar-refractivity contribution in [3.63, 3.8) is 0 Å². The minimum absolute atomic E-state index is 0.339. The Morgan fingerprint density at radius 2 is 2.19 bits per heavy atom. The number of nitrogens with zero attached hydrogens (tertiary/aromatic N) is 2. The lowest BCUT2D eigenvalue weighted by atomic mass is 10.0. The van der Waals surface area contributed by atoms with Crippen LogP contribution in [-0.4, -0.2) is 35.0 Å². The van der Waals surface area contributed by atoms with Crippen LogP contribution in [0.15, 0.2) is 18.2 Å². The van der Waals surface area contributed by atoms with Crippen LogP contribution in [0.2, 0.25) is 0 Å². The van der Waals surface area contributed by atoms with Crippen molar-refractivity contribution in [1.29, 1.82) is 0 Å². The highest BCUT2D eigenvalue weighted by molar-refractivity contribution is 5.36. The Bertz CT molecular complexity index is 510. The van der Waals surface area contributed by atoms with Crippen molar-refractivity contribution < 1.29 is 9.31 Å². The minimum atomic E-state index is -0.705. The van der Waals surface area contributed by atoms with Crippen molar-refractivity contribution in [3.8, 4) is 0 Å². The molecule has 116 valence electrons. The molecule has 2 unspecified atom stereocenters. The summed E-state index contributed by atoms with van der Waals surface area (Å²) >= 11 is 0. The summed E-state index contributed by atoms with van der Waals surface area (Å²) in [6.45, 7) is 6.37. The van der Waals surface area contributed by atoms with E-state index in [4.69, 9.17) is 0 Å². The molecule has 2 atom stereocenters. The van der Waals surface area contributed by atoms with E-state index in [0.29, 0.717) is 24.2 Å². The van der Waals surface area contributed by atoms with Crippen molar-refractivity contribution in [3.05, 3.63) is 39.7 Å². The first kappa shape index (κ1) is 15.9. The smallest absolute Gasteiger partial charge is 0.305 e. The van der Waals surface area contributed by atoms with Gasteiger partial charge in [0.15, 0.2) is 0 Å². The molecule has 0 bridgehead atoms. The van der Waals surface area contributed by atoms with Gasteiger partial charge in [-0.2, -0.15) is 4.39 Å². The summed E-state index contributed by atoms with van der Waals surface area (Å²) in [5.41, 5.74) is -0.0397. The van der Waals surface area contributed by atoms with Gasteiger partial charge >= 0.3 is 5.69 Å². The zero-order valence-electron chi connectivity index (χ0n) is 12.5. The maximum absolute atomic E-state index is 14.2. The van der Waals surface area contributed by atoms with Gasteiger partial charge in [0.05, 0.1) is 4.92 Å². The molecular formula is C15H22FN3O2. The minimum Gasteiger partial charge on any atom is -0.311 e. The lowest BCUT2D eigenvalue weighted by molar-refractivity contribution is -0.387. The van der Waals surface area contributed by atoms with Gasteiger partial charge in [-0.3, -0.25) is 15.0 Å². The van der Waals surface area contributed by atoms with Gasteiger partial charge in [0.1, 0.15) is 0 Å². The third-order valence-electron chi connectivity index (χ3n) is 4.21. The third-order valence-corrected chi connectivity index (χ3v) is 4.21. The zero-order valence-corrected chi connectivity index (χ0v) is 12.5. The predicted molar refractivity (Wildman–Crippen MR) is 79.6 cm³/mol. The normalized spacial score (nSPS) is 23.2. The number of nitro benzene ring substituents is 1. The van der Waals surface area contributed by atoms with E-state index in [1.165, 1.54) is 6.07 Å². The molecule has 1 fully saturated rings. The largest absolute Gasteiger partial charge is 0.311 e. The summed E-state index contributed by atoms with van der Waals surface area (Å²) in [5.74, 6) is -0.705. The van der Waals surface area contributed by atoms with E-state index in [0.717, 1.165) is 25.9 Å². The van der Waals surface area contributed by atoms with Crippen molar-refractivity contribution in [2.24, 2.45) is 0 Å². The van der Waals surface area contributed by atoms with Gasteiger partial charge in [-0.05, 0) is 12.8 Å². The van der Waals surface area contributed by atoms with Crippen LogP contribution in [0.3, 0.4) is 0 Å². The summed E-state index contributed by atoms with van der Waals surface area (Å²) in [6.07, 6.45) is 1.99. The number of halogens is 1. The average molecular weight is 295 g/mol. The predicted octanol–water partition coefficient (Wildman–Crippen LogP) is 2.70. The van der Waals surface area contributed by atoms with Gasteiger partial charge in [-0.25, -0.2) is 0 Å². The lowest BCUT2D eigenvalue weighted by Crippen LogP contribution is -2.55. The number of rotatable bonds is 5. The maximum atomic E-state index is 14.2. The maximum Gasteiger partial charge on any atom is 0.305 e. The zero-order chi connectivity index (χ0) is 15.4. The quantitative estimate of drug-likeness (QED) is 0.670. The van der Waals surface area contributed by atoms with E-state index in [1.807, 2.05) is 0 Å². The molecule has 0 amide bonds. The fourth-order valence-electron chi connectivity index (χ4n) is 2.85. The first-order valence-corrected chi connectivity index (χ1v) is 7.46. The highest BCUT2D eigenvalue weighted by atomic mass is 19.1. The SMILES string of the molecule is CCC1CN(Cc2cccc([N+](=O)[O-])c2F)C(CC)CN1. The second-order valence-electron chi connectivity index (χ2n) is 5.51. The van der Waals surface area contributed by atoms with Crippen LogP contribution in [0.5, 0.6) is 0 Å². The van der Waals surface area contributed by atoms with Gasteiger partial charge < -0.3 is 5.32 Å². The summed E-state index contributed by atoms with van der Waals surface area (Å²) in [7, 11) is 0. The Hall–Kier alpha value is -1.53. The van der Waals surface area contributed by atoms with Crippen LogP contribution in [-0.2, 0) is 6.54 Å². The van der Waals surface area contributed by atoms with E-state index >= 15 is 0 Å². The summed E-state index contributed by atoms with van der Waals surface area (Å²) in [5, 5.41) is 14.3.